The molecule has 6 rings (SSSR count). The van der Waals surface area contributed by atoms with Crippen LogP contribution in [0.4, 0.5) is 0 Å². The third kappa shape index (κ3) is 3.80. The zero-order valence-corrected chi connectivity index (χ0v) is 28.3. The Labute approximate surface area is 269 Å². The minimum Gasteiger partial charge on any atom is -0.381 e. The van der Waals surface area contributed by atoms with Crippen molar-refractivity contribution in [1.29, 1.82) is 10.5 Å². The van der Waals surface area contributed by atoms with E-state index in [0.717, 1.165) is 56.9 Å². The summed E-state index contributed by atoms with van der Waals surface area (Å²) in [5.74, 6) is -2.28. The molecular weight excluding hydrogens is 562 g/mol. The van der Waals surface area contributed by atoms with Crippen LogP contribution >= 0.6 is 0 Å². The number of allylic oxidation sites excluding steroid dienone is 3. The van der Waals surface area contributed by atoms with E-state index in [0.29, 0.717) is 19.3 Å². The van der Waals surface area contributed by atoms with Gasteiger partial charge in [-0.1, -0.05) is 66.9 Å². The van der Waals surface area contributed by atoms with Gasteiger partial charge in [0, 0.05) is 28.2 Å². The van der Waals surface area contributed by atoms with Crippen molar-refractivity contribution >= 4 is 17.5 Å². The number of aliphatic hydroxyl groups is 1. The molecule has 4 fully saturated rings. The molecule has 0 radical (unpaired) electrons. The molecule has 0 saturated heterocycles. The van der Waals surface area contributed by atoms with Crippen LogP contribution in [0.15, 0.2) is 23.8 Å². The Hall–Kier alpha value is -2.77. The predicted molar refractivity (Wildman–Crippen MR) is 170 cm³/mol. The van der Waals surface area contributed by atoms with E-state index in [1.165, 1.54) is 4.90 Å². The lowest BCUT2D eigenvalue weighted by Gasteiger charge is -2.72. The van der Waals surface area contributed by atoms with E-state index in [2.05, 4.69) is 40.0 Å². The molecule has 6 aliphatic carbocycles. The molecule has 1 amide bonds. The fourth-order valence-electron chi connectivity index (χ4n) is 11.9. The van der Waals surface area contributed by atoms with Crippen LogP contribution in [0.3, 0.4) is 0 Å². The maximum atomic E-state index is 14.8. The summed E-state index contributed by atoms with van der Waals surface area (Å²) in [5, 5.41) is 34.4. The molecule has 6 aliphatic rings. The highest BCUT2D eigenvalue weighted by atomic mass is 16.3. The van der Waals surface area contributed by atoms with Gasteiger partial charge in [-0.25, -0.2) is 4.90 Å². The summed E-state index contributed by atoms with van der Waals surface area (Å²) in [6.45, 7) is 14.3. The molecule has 4 saturated carbocycles. The van der Waals surface area contributed by atoms with Crippen LogP contribution in [-0.2, 0) is 14.4 Å². The number of fused-ring (bicyclic) bond motifs is 7. The van der Waals surface area contributed by atoms with Crippen molar-refractivity contribution in [2.24, 2.45) is 50.2 Å². The van der Waals surface area contributed by atoms with Crippen molar-refractivity contribution in [2.45, 2.75) is 131 Å². The first-order valence-electron chi connectivity index (χ1n) is 17.3. The molecule has 1 N–H and O–H groups in total. The Kier molecular flexibility index (Phi) is 7.06. The fourth-order valence-corrected chi connectivity index (χ4v) is 11.9. The Bertz CT molecular complexity index is 1490. The zero-order valence-electron chi connectivity index (χ0n) is 28.3. The van der Waals surface area contributed by atoms with Gasteiger partial charge in [-0.15, -0.1) is 0 Å². The number of nitriles is 2. The molecule has 0 bridgehead atoms. The lowest BCUT2D eigenvalue weighted by atomic mass is 9.32. The van der Waals surface area contributed by atoms with E-state index in [1.54, 1.807) is 19.1 Å². The molecule has 0 aromatic heterocycles. The number of rotatable bonds is 2. The second kappa shape index (κ2) is 9.87. The maximum absolute atomic E-state index is 14.8. The van der Waals surface area contributed by atoms with Crippen LogP contribution < -0.4 is 0 Å². The minimum atomic E-state index is -1.87. The highest BCUT2D eigenvalue weighted by Gasteiger charge is 2.77. The molecule has 0 aliphatic heterocycles. The van der Waals surface area contributed by atoms with E-state index >= 15 is 0 Å². The van der Waals surface area contributed by atoms with Gasteiger partial charge >= 0.3 is 0 Å². The Morgan fingerprint density at radius 3 is 2.16 bits per heavy atom. The Balaban J connectivity index is 1.49. The summed E-state index contributed by atoms with van der Waals surface area (Å²) in [6, 6.07) is 2.32. The van der Waals surface area contributed by atoms with Gasteiger partial charge in [-0.2, -0.15) is 10.5 Å². The number of carbonyl (C=O) groups excluding carboxylic acids is 3. The summed E-state index contributed by atoms with van der Waals surface area (Å²) in [4.78, 5) is 43.6. The molecule has 7 nitrogen and oxygen atoms in total. The predicted octanol–water partition coefficient (Wildman–Crippen LogP) is 6.82. The van der Waals surface area contributed by atoms with Crippen LogP contribution in [0, 0.1) is 73.0 Å². The number of hydrogen-bond acceptors (Lipinski definition) is 6. The van der Waals surface area contributed by atoms with Crippen LogP contribution in [0.2, 0.25) is 0 Å². The number of carbonyl (C=O) groups is 3. The van der Waals surface area contributed by atoms with Crippen LogP contribution in [0.5, 0.6) is 0 Å². The molecule has 0 spiro atoms. The molecule has 0 aromatic carbocycles. The van der Waals surface area contributed by atoms with Gasteiger partial charge in [0.2, 0.25) is 5.91 Å². The molecule has 0 aromatic rings. The average Bonchev–Trinajstić information content (AvgIpc) is 3.00. The van der Waals surface area contributed by atoms with Gasteiger partial charge in [0.15, 0.2) is 17.8 Å². The second-order valence-corrected chi connectivity index (χ2v) is 17.4. The number of amides is 1. The van der Waals surface area contributed by atoms with E-state index in [-0.39, 0.29) is 29.4 Å². The number of nitrogens with zero attached hydrogens (tertiary/aromatic N) is 3. The summed E-state index contributed by atoms with van der Waals surface area (Å²) in [7, 11) is 0. The summed E-state index contributed by atoms with van der Waals surface area (Å²) < 4.78 is 0. The lowest BCUT2D eigenvalue weighted by molar-refractivity contribution is -0.252. The van der Waals surface area contributed by atoms with E-state index in [9.17, 15) is 30.0 Å². The van der Waals surface area contributed by atoms with Crippen molar-refractivity contribution in [1.82, 2.24) is 4.90 Å². The average molecular weight is 614 g/mol. The van der Waals surface area contributed by atoms with E-state index in [4.69, 9.17) is 0 Å². The van der Waals surface area contributed by atoms with Crippen LogP contribution in [0.25, 0.3) is 0 Å². The standard InChI is InChI=1S/C38H51N3O4/c1-32(2)26-13-16-36(6)27(35(26,5)15-14-28(32)42)21-29(43)38(45)30-25(22-39)34(4,19-17-33(30,3)18-20-37(36,38)7)31(44)41(23-40)24-11-9-8-10-12-24/h14-15,21,24-26,30,45H,8-13,16-20H2,1-7H3/t25?,26-,30+,33+,34-,35-,36+,37-,38-/m0/s1. The van der Waals surface area contributed by atoms with Gasteiger partial charge in [-0.05, 0) is 92.8 Å². The second-order valence-electron chi connectivity index (χ2n) is 17.4. The summed E-state index contributed by atoms with van der Waals surface area (Å²) >= 11 is 0. The van der Waals surface area contributed by atoms with Crippen LogP contribution in [-0.4, -0.2) is 39.1 Å². The van der Waals surface area contributed by atoms with E-state index < -0.39 is 49.9 Å². The quantitative estimate of drug-likeness (QED) is 0.269. The molecule has 242 valence electrons. The van der Waals surface area contributed by atoms with Crippen molar-refractivity contribution in [3.63, 3.8) is 0 Å². The van der Waals surface area contributed by atoms with Gasteiger partial charge < -0.3 is 5.11 Å². The minimum absolute atomic E-state index is 0.0254. The molecule has 45 heavy (non-hydrogen) atoms. The first-order valence-corrected chi connectivity index (χ1v) is 17.3. The summed E-state index contributed by atoms with van der Waals surface area (Å²) in [6.07, 6.45) is 16.0. The first-order chi connectivity index (χ1) is 20.9. The van der Waals surface area contributed by atoms with Gasteiger partial charge in [0.1, 0.15) is 5.60 Å². The smallest absolute Gasteiger partial charge is 0.243 e. The van der Waals surface area contributed by atoms with Crippen LogP contribution in [0.1, 0.15) is 119 Å². The highest BCUT2D eigenvalue weighted by molar-refractivity contribution is 6.02. The van der Waals surface area contributed by atoms with Crippen molar-refractivity contribution in [3.05, 3.63) is 23.8 Å². The summed E-state index contributed by atoms with van der Waals surface area (Å²) in [5.41, 5.74) is -5.16. The number of hydrogen-bond donors (Lipinski definition) is 1. The Morgan fingerprint density at radius 2 is 1.53 bits per heavy atom. The SMILES string of the molecule is CC1(C)C(=O)C=C[C@]2(C)C3=CC(=O)[C@]4(O)[C@@H]5C(C#N)[C@@](C)(C(=O)N(C#N)C6CCCCC6)CC[C@]5(C)CC[C@@]4(C)[C@]3(C)CC[C@@H]12. The zero-order chi connectivity index (χ0) is 33.0. The largest absolute Gasteiger partial charge is 0.381 e. The lowest BCUT2D eigenvalue weighted by Crippen LogP contribution is -2.75. The third-order valence-corrected chi connectivity index (χ3v) is 15.2. The molecule has 0 heterocycles. The van der Waals surface area contributed by atoms with Crippen molar-refractivity contribution in [2.75, 3.05) is 0 Å². The monoisotopic (exact) mass is 613 g/mol. The normalized spacial score (nSPS) is 47.2. The Morgan fingerprint density at radius 1 is 0.889 bits per heavy atom. The number of ketones is 2. The first kappa shape index (κ1) is 32.2. The molecule has 1 unspecified atom stereocenters. The third-order valence-electron chi connectivity index (χ3n) is 15.2. The van der Waals surface area contributed by atoms with E-state index in [1.807, 2.05) is 19.9 Å². The molecular formula is C38H51N3O4. The maximum Gasteiger partial charge on any atom is 0.243 e. The van der Waals surface area contributed by atoms with Gasteiger partial charge in [0.05, 0.1) is 17.4 Å². The fraction of sp³-hybridized carbons (Fsp3) is 0.763. The van der Waals surface area contributed by atoms with Gasteiger partial charge in [-0.3, -0.25) is 14.4 Å². The topological polar surface area (TPSA) is 122 Å². The molecule has 9 atom stereocenters. The van der Waals surface area contributed by atoms with Gasteiger partial charge in [0.25, 0.3) is 0 Å². The molecule has 7 heteroatoms. The van der Waals surface area contributed by atoms with Crippen molar-refractivity contribution < 1.29 is 19.5 Å². The highest BCUT2D eigenvalue weighted by Crippen LogP contribution is 2.76. The van der Waals surface area contributed by atoms with Crippen molar-refractivity contribution in [3.8, 4) is 12.3 Å².